The van der Waals surface area contributed by atoms with Crippen molar-refractivity contribution in [3.63, 3.8) is 0 Å². The molecule has 0 saturated carbocycles. The zero-order valence-electron chi connectivity index (χ0n) is 15.7. The van der Waals surface area contributed by atoms with Gasteiger partial charge in [-0.05, 0) is 54.5 Å². The topological polar surface area (TPSA) is 78.1 Å². The van der Waals surface area contributed by atoms with Crippen molar-refractivity contribution in [1.82, 2.24) is 0 Å². The lowest BCUT2D eigenvalue weighted by molar-refractivity contribution is 1.71. The van der Waals surface area contributed by atoms with Crippen LogP contribution in [0.3, 0.4) is 0 Å². The highest BCUT2D eigenvalue weighted by molar-refractivity contribution is 6.37. The summed E-state index contributed by atoms with van der Waals surface area (Å²) in [5, 5.41) is 11.6. The molecule has 6 aromatic rings. The van der Waals surface area contributed by atoms with Crippen LogP contribution in [0.2, 0.25) is 0 Å². The average Bonchev–Trinajstić information content (AvgIpc) is 2.76. The van der Waals surface area contributed by atoms with E-state index in [-0.39, 0.29) is 0 Å². The number of hydrogen-bond donors (Lipinski definition) is 3. The van der Waals surface area contributed by atoms with Gasteiger partial charge >= 0.3 is 0 Å². The maximum absolute atomic E-state index is 6.47. The van der Waals surface area contributed by atoms with Crippen LogP contribution in [0.4, 0.5) is 17.1 Å². The second-order valence-electron chi connectivity index (χ2n) is 7.63. The Kier molecular flexibility index (Phi) is 3.05. The fraction of sp³-hybridized carbons (Fsp3) is 0. The predicted molar refractivity (Wildman–Crippen MR) is 127 cm³/mol. The van der Waals surface area contributed by atoms with Gasteiger partial charge in [0.15, 0.2) is 0 Å². The van der Waals surface area contributed by atoms with E-state index in [0.29, 0.717) is 17.1 Å². The molecular weight excluding hydrogens is 354 g/mol. The highest BCUT2D eigenvalue weighted by Crippen LogP contribution is 2.45. The summed E-state index contributed by atoms with van der Waals surface area (Å²) in [4.78, 5) is 0. The Morgan fingerprint density at radius 3 is 1.79 bits per heavy atom. The molecule has 3 nitrogen and oxygen atoms in total. The predicted octanol–water partition coefficient (Wildman–Crippen LogP) is 6.20. The summed E-state index contributed by atoms with van der Waals surface area (Å²) in [6.45, 7) is 0. The minimum atomic E-state index is 0.452. The third-order valence-electron chi connectivity index (χ3n) is 6.11. The van der Waals surface area contributed by atoms with Crippen LogP contribution in [0.15, 0.2) is 78.9 Å². The van der Waals surface area contributed by atoms with Crippen molar-refractivity contribution < 1.29 is 0 Å². The Morgan fingerprint density at radius 1 is 0.414 bits per heavy atom. The maximum atomic E-state index is 6.47. The molecule has 0 atom stereocenters. The van der Waals surface area contributed by atoms with E-state index in [1.807, 2.05) is 12.1 Å². The van der Waals surface area contributed by atoms with Crippen LogP contribution in [-0.2, 0) is 0 Å². The first-order chi connectivity index (χ1) is 14.1. The van der Waals surface area contributed by atoms with E-state index in [1.165, 1.54) is 32.3 Å². The zero-order valence-corrected chi connectivity index (χ0v) is 15.7. The van der Waals surface area contributed by atoms with Crippen molar-refractivity contribution in [2.24, 2.45) is 0 Å². The fourth-order valence-electron chi connectivity index (χ4n) is 4.76. The Hall–Kier alpha value is -3.98. The van der Waals surface area contributed by atoms with E-state index in [1.54, 1.807) is 0 Å². The summed E-state index contributed by atoms with van der Waals surface area (Å²) < 4.78 is 0. The molecule has 0 radical (unpaired) electrons. The van der Waals surface area contributed by atoms with E-state index in [9.17, 15) is 0 Å². The minimum absolute atomic E-state index is 0.452. The summed E-state index contributed by atoms with van der Waals surface area (Å²) in [5.41, 5.74) is 20.4. The highest BCUT2D eigenvalue weighted by Gasteiger charge is 2.16. The standard InChI is InChI=1S/C26H19N3/c27-21-13-20-19-12-11-15-10-9-14-5-1-2-6-16(14)22(15)23(19)17-7-3-4-8-18(17)24(20)26(29)25(21)28/h1-13H,27-29H2. The van der Waals surface area contributed by atoms with Crippen molar-refractivity contribution in [1.29, 1.82) is 0 Å². The number of anilines is 3. The first-order valence-electron chi connectivity index (χ1n) is 9.67. The van der Waals surface area contributed by atoms with Gasteiger partial charge in [0.2, 0.25) is 0 Å². The Morgan fingerprint density at radius 2 is 1.00 bits per heavy atom. The summed E-state index contributed by atoms with van der Waals surface area (Å²) in [5.74, 6) is 0. The van der Waals surface area contributed by atoms with Crippen molar-refractivity contribution >= 4 is 70.9 Å². The molecule has 0 spiro atoms. The van der Waals surface area contributed by atoms with Gasteiger partial charge in [0.05, 0.1) is 17.1 Å². The lowest BCUT2D eigenvalue weighted by atomic mass is 9.88. The van der Waals surface area contributed by atoms with Crippen LogP contribution < -0.4 is 17.2 Å². The molecule has 0 unspecified atom stereocenters. The van der Waals surface area contributed by atoms with Gasteiger partial charge < -0.3 is 17.2 Å². The molecule has 0 saturated heterocycles. The molecule has 0 fully saturated rings. The van der Waals surface area contributed by atoms with Crippen LogP contribution in [-0.4, -0.2) is 0 Å². The molecule has 0 aliphatic carbocycles. The molecule has 0 aromatic heterocycles. The van der Waals surface area contributed by atoms with Crippen LogP contribution >= 0.6 is 0 Å². The SMILES string of the molecule is Nc1cc2c3ccc4ccc5ccccc5c4c3c3ccccc3c2c(N)c1N. The Bertz CT molecular complexity index is 1630. The van der Waals surface area contributed by atoms with Crippen molar-refractivity contribution in [3.8, 4) is 0 Å². The summed E-state index contributed by atoms with van der Waals surface area (Å²) >= 11 is 0. The maximum Gasteiger partial charge on any atom is 0.0788 e. The van der Waals surface area contributed by atoms with Gasteiger partial charge in [-0.2, -0.15) is 0 Å². The summed E-state index contributed by atoms with van der Waals surface area (Å²) in [6.07, 6.45) is 0. The van der Waals surface area contributed by atoms with Crippen molar-refractivity contribution in [2.75, 3.05) is 17.2 Å². The second-order valence-corrected chi connectivity index (χ2v) is 7.63. The molecule has 0 aliphatic heterocycles. The number of hydrogen-bond acceptors (Lipinski definition) is 3. The number of nitrogen functional groups attached to an aromatic ring is 3. The normalized spacial score (nSPS) is 11.9. The monoisotopic (exact) mass is 373 g/mol. The Balaban J connectivity index is 2.04. The number of fused-ring (bicyclic) bond motifs is 10. The minimum Gasteiger partial charge on any atom is -0.397 e. The quantitative estimate of drug-likeness (QED) is 0.219. The summed E-state index contributed by atoms with van der Waals surface area (Å²) in [6, 6.07) is 27.6. The molecular formula is C26H19N3. The van der Waals surface area contributed by atoms with Gasteiger partial charge in [-0.3, -0.25) is 0 Å². The molecule has 0 heterocycles. The lowest BCUT2D eigenvalue weighted by Gasteiger charge is -2.17. The lowest BCUT2D eigenvalue weighted by Crippen LogP contribution is -2.01. The first kappa shape index (κ1) is 16.0. The smallest absolute Gasteiger partial charge is 0.0788 e. The number of nitrogens with two attached hydrogens (primary N) is 3. The van der Waals surface area contributed by atoms with Crippen molar-refractivity contribution in [2.45, 2.75) is 0 Å². The molecule has 0 amide bonds. The van der Waals surface area contributed by atoms with Crippen LogP contribution in [0.1, 0.15) is 0 Å². The van der Waals surface area contributed by atoms with Gasteiger partial charge in [0.25, 0.3) is 0 Å². The molecule has 6 rings (SSSR count). The zero-order chi connectivity index (χ0) is 19.7. The molecule has 0 bridgehead atoms. The second kappa shape index (κ2) is 5.52. The molecule has 138 valence electrons. The molecule has 3 heteroatoms. The number of benzene rings is 6. The van der Waals surface area contributed by atoms with Crippen LogP contribution in [0, 0.1) is 0 Å². The average molecular weight is 373 g/mol. The van der Waals surface area contributed by atoms with E-state index in [0.717, 1.165) is 21.5 Å². The van der Waals surface area contributed by atoms with Crippen molar-refractivity contribution in [3.05, 3.63) is 78.9 Å². The summed E-state index contributed by atoms with van der Waals surface area (Å²) in [7, 11) is 0. The number of rotatable bonds is 0. The van der Waals surface area contributed by atoms with Gasteiger partial charge in [-0.15, -0.1) is 0 Å². The molecule has 6 aromatic carbocycles. The fourth-order valence-corrected chi connectivity index (χ4v) is 4.76. The van der Waals surface area contributed by atoms with E-state index < -0.39 is 0 Å². The van der Waals surface area contributed by atoms with Gasteiger partial charge in [0, 0.05) is 5.39 Å². The molecule has 0 aliphatic rings. The van der Waals surface area contributed by atoms with E-state index in [4.69, 9.17) is 17.2 Å². The third kappa shape index (κ3) is 2.02. The Labute approximate surface area is 167 Å². The van der Waals surface area contributed by atoms with Crippen LogP contribution in [0.5, 0.6) is 0 Å². The van der Waals surface area contributed by atoms with Crippen LogP contribution in [0.25, 0.3) is 53.9 Å². The first-order valence-corrected chi connectivity index (χ1v) is 9.67. The van der Waals surface area contributed by atoms with Gasteiger partial charge in [-0.25, -0.2) is 0 Å². The van der Waals surface area contributed by atoms with Gasteiger partial charge in [-0.1, -0.05) is 72.8 Å². The van der Waals surface area contributed by atoms with E-state index >= 15 is 0 Å². The highest BCUT2D eigenvalue weighted by atomic mass is 14.7. The van der Waals surface area contributed by atoms with E-state index in [2.05, 4.69) is 66.7 Å². The molecule has 6 N–H and O–H groups in total. The third-order valence-corrected chi connectivity index (χ3v) is 6.11. The van der Waals surface area contributed by atoms with Gasteiger partial charge in [0.1, 0.15) is 0 Å². The molecule has 29 heavy (non-hydrogen) atoms. The largest absolute Gasteiger partial charge is 0.397 e.